The van der Waals surface area contributed by atoms with Gasteiger partial charge in [-0.15, -0.1) is 11.3 Å². The zero-order valence-electron chi connectivity index (χ0n) is 13.1. The topological polar surface area (TPSA) is 41.5 Å². The van der Waals surface area contributed by atoms with E-state index < -0.39 is 0 Å². The lowest BCUT2D eigenvalue weighted by Crippen LogP contribution is -2.18. The molecule has 1 heterocycles. The van der Waals surface area contributed by atoms with Gasteiger partial charge < -0.3 is 0 Å². The van der Waals surface area contributed by atoms with Gasteiger partial charge in [-0.3, -0.25) is 4.79 Å². The summed E-state index contributed by atoms with van der Waals surface area (Å²) in [5.74, 6) is -0.678. The third kappa shape index (κ3) is 3.32. The molecular formula is C18H14ClFN2OS. The number of nitrogens with zero attached hydrogens (tertiary/aromatic N) is 1. The minimum Gasteiger partial charge on any atom is -0.266 e. The third-order valence-electron chi connectivity index (χ3n) is 3.58. The van der Waals surface area contributed by atoms with E-state index in [0.29, 0.717) is 15.6 Å². The fourth-order valence-electron chi connectivity index (χ4n) is 2.26. The average Bonchev–Trinajstić information content (AvgIpc) is 2.89. The molecule has 1 N–H and O–H groups in total. The number of carbonyl (C=O) groups is 1. The first kappa shape index (κ1) is 16.6. The summed E-state index contributed by atoms with van der Waals surface area (Å²) in [6.07, 6.45) is 0. The fraction of sp³-hybridized carbons (Fsp3) is 0.111. The summed E-state index contributed by atoms with van der Waals surface area (Å²) in [5, 5.41) is 5.36. The SMILES string of the molecule is C/C(=N\NC(=O)c1sc2cc(C)ccc2c1Cl)c1ccc(F)cc1. The second kappa shape index (κ2) is 6.71. The molecule has 1 amide bonds. The number of rotatable bonds is 3. The third-order valence-corrected chi connectivity index (χ3v) is 5.23. The quantitative estimate of drug-likeness (QED) is 0.509. The molecule has 0 saturated carbocycles. The second-order valence-corrected chi connectivity index (χ2v) is 6.82. The average molecular weight is 361 g/mol. The molecule has 2 aromatic carbocycles. The Bertz CT molecular complexity index is 948. The summed E-state index contributed by atoms with van der Waals surface area (Å²) in [4.78, 5) is 12.8. The first-order chi connectivity index (χ1) is 11.5. The lowest BCUT2D eigenvalue weighted by molar-refractivity contribution is 0.0959. The molecule has 0 atom stereocenters. The van der Waals surface area contributed by atoms with E-state index in [4.69, 9.17) is 11.6 Å². The Hall–Kier alpha value is -2.24. The van der Waals surface area contributed by atoms with Gasteiger partial charge in [-0.1, -0.05) is 35.9 Å². The van der Waals surface area contributed by atoms with Crippen LogP contribution in [0.3, 0.4) is 0 Å². The monoisotopic (exact) mass is 360 g/mol. The molecule has 3 rings (SSSR count). The van der Waals surface area contributed by atoms with Crippen LogP contribution in [0.1, 0.15) is 27.7 Å². The molecule has 1 aromatic heterocycles. The van der Waals surface area contributed by atoms with E-state index in [1.165, 1.54) is 23.5 Å². The van der Waals surface area contributed by atoms with Gasteiger partial charge in [0.1, 0.15) is 10.7 Å². The summed E-state index contributed by atoms with van der Waals surface area (Å²) in [7, 11) is 0. The molecule has 0 saturated heterocycles. The lowest BCUT2D eigenvalue weighted by Gasteiger charge is -2.02. The molecule has 122 valence electrons. The van der Waals surface area contributed by atoms with E-state index in [9.17, 15) is 9.18 Å². The van der Waals surface area contributed by atoms with Crippen LogP contribution < -0.4 is 5.43 Å². The van der Waals surface area contributed by atoms with E-state index in [1.54, 1.807) is 19.1 Å². The van der Waals surface area contributed by atoms with Crippen molar-refractivity contribution in [3.63, 3.8) is 0 Å². The van der Waals surface area contributed by atoms with Crippen LogP contribution in [0.25, 0.3) is 10.1 Å². The molecule has 0 unspecified atom stereocenters. The van der Waals surface area contributed by atoms with Crippen LogP contribution in [0.4, 0.5) is 4.39 Å². The molecule has 0 aliphatic heterocycles. The van der Waals surface area contributed by atoms with Crippen LogP contribution in [0.5, 0.6) is 0 Å². The smallest absolute Gasteiger partial charge is 0.266 e. The molecule has 0 spiro atoms. The maximum absolute atomic E-state index is 12.9. The van der Waals surface area contributed by atoms with Gasteiger partial charge in [-0.2, -0.15) is 5.10 Å². The first-order valence-corrected chi connectivity index (χ1v) is 8.44. The highest BCUT2D eigenvalue weighted by atomic mass is 35.5. The van der Waals surface area contributed by atoms with E-state index >= 15 is 0 Å². The number of aryl methyl sites for hydroxylation is 1. The predicted octanol–water partition coefficient (Wildman–Crippen LogP) is 5.16. The van der Waals surface area contributed by atoms with E-state index in [1.807, 2.05) is 25.1 Å². The van der Waals surface area contributed by atoms with Crippen molar-refractivity contribution in [2.45, 2.75) is 13.8 Å². The van der Waals surface area contributed by atoms with Crippen molar-refractivity contribution in [1.82, 2.24) is 5.43 Å². The Kier molecular flexibility index (Phi) is 4.64. The fourth-order valence-corrected chi connectivity index (χ4v) is 3.76. The number of carbonyl (C=O) groups excluding carboxylic acids is 1. The van der Waals surface area contributed by atoms with E-state index in [2.05, 4.69) is 10.5 Å². The molecule has 3 nitrogen and oxygen atoms in total. The van der Waals surface area contributed by atoms with Crippen molar-refractivity contribution in [3.8, 4) is 0 Å². The van der Waals surface area contributed by atoms with Crippen molar-refractivity contribution in [3.05, 3.63) is 69.3 Å². The second-order valence-electron chi connectivity index (χ2n) is 5.39. The van der Waals surface area contributed by atoms with Crippen molar-refractivity contribution in [1.29, 1.82) is 0 Å². The number of hydrogen-bond donors (Lipinski definition) is 1. The van der Waals surface area contributed by atoms with E-state index in [-0.39, 0.29) is 11.7 Å². The van der Waals surface area contributed by atoms with Gasteiger partial charge in [-0.05, 0) is 43.2 Å². The van der Waals surface area contributed by atoms with Gasteiger partial charge in [0, 0.05) is 10.1 Å². The summed E-state index contributed by atoms with van der Waals surface area (Å²) in [5.41, 5.74) is 4.93. The molecule has 24 heavy (non-hydrogen) atoms. The molecule has 0 aliphatic carbocycles. The van der Waals surface area contributed by atoms with Gasteiger partial charge in [0.05, 0.1) is 10.7 Å². The Morgan fingerprint density at radius 3 is 2.62 bits per heavy atom. The standard InChI is InChI=1S/C18H14ClFN2OS/c1-10-3-8-14-15(9-10)24-17(16(14)19)18(23)22-21-11(2)12-4-6-13(20)7-5-12/h3-9H,1-2H3,(H,22,23)/b21-11+. The lowest BCUT2D eigenvalue weighted by atomic mass is 10.1. The number of fused-ring (bicyclic) bond motifs is 1. The van der Waals surface area contributed by atoms with Gasteiger partial charge in [0.25, 0.3) is 5.91 Å². The van der Waals surface area contributed by atoms with Crippen molar-refractivity contribution in [2.75, 3.05) is 0 Å². The number of benzene rings is 2. The van der Waals surface area contributed by atoms with Crippen LogP contribution in [0, 0.1) is 12.7 Å². The zero-order chi connectivity index (χ0) is 17.3. The number of amides is 1. The molecule has 0 bridgehead atoms. The molecule has 0 aliphatic rings. The largest absolute Gasteiger partial charge is 0.283 e. The summed E-state index contributed by atoms with van der Waals surface area (Å²) in [6, 6.07) is 11.8. The zero-order valence-corrected chi connectivity index (χ0v) is 14.6. The molecule has 0 radical (unpaired) electrons. The molecule has 3 aromatic rings. The van der Waals surface area contributed by atoms with Gasteiger partial charge in [0.2, 0.25) is 0 Å². The van der Waals surface area contributed by atoms with Gasteiger partial charge >= 0.3 is 0 Å². The van der Waals surface area contributed by atoms with Crippen LogP contribution in [-0.4, -0.2) is 11.6 Å². The van der Waals surface area contributed by atoms with Crippen LogP contribution >= 0.6 is 22.9 Å². The summed E-state index contributed by atoms with van der Waals surface area (Å²) < 4.78 is 13.9. The molecule has 0 fully saturated rings. The highest BCUT2D eigenvalue weighted by molar-refractivity contribution is 7.21. The number of thiophene rings is 1. The molecular weight excluding hydrogens is 347 g/mol. The predicted molar refractivity (Wildman–Crippen MR) is 97.6 cm³/mol. The number of hydrazone groups is 1. The van der Waals surface area contributed by atoms with Crippen molar-refractivity contribution in [2.24, 2.45) is 5.10 Å². The minimum absolute atomic E-state index is 0.317. The Labute approximate surface area is 147 Å². The highest BCUT2D eigenvalue weighted by Gasteiger charge is 2.17. The normalized spacial score (nSPS) is 11.8. The van der Waals surface area contributed by atoms with Gasteiger partial charge in [-0.25, -0.2) is 9.82 Å². The van der Waals surface area contributed by atoms with Gasteiger partial charge in [0.15, 0.2) is 0 Å². The van der Waals surface area contributed by atoms with Crippen LogP contribution in [0.2, 0.25) is 5.02 Å². The van der Waals surface area contributed by atoms with Crippen LogP contribution in [-0.2, 0) is 0 Å². The Morgan fingerprint density at radius 1 is 1.21 bits per heavy atom. The maximum Gasteiger partial charge on any atom is 0.283 e. The number of hydrogen-bond acceptors (Lipinski definition) is 3. The van der Waals surface area contributed by atoms with Crippen molar-refractivity contribution >= 4 is 44.6 Å². The number of nitrogens with one attached hydrogen (secondary N) is 1. The van der Waals surface area contributed by atoms with Crippen LogP contribution in [0.15, 0.2) is 47.6 Å². The summed E-state index contributed by atoms with van der Waals surface area (Å²) in [6.45, 7) is 3.73. The minimum atomic E-state index is -0.361. The number of halogens is 2. The molecule has 6 heteroatoms. The highest BCUT2D eigenvalue weighted by Crippen LogP contribution is 2.35. The Balaban J connectivity index is 1.83. The summed E-state index contributed by atoms with van der Waals surface area (Å²) >= 11 is 7.65. The maximum atomic E-state index is 12.9. The van der Waals surface area contributed by atoms with Crippen molar-refractivity contribution < 1.29 is 9.18 Å². The first-order valence-electron chi connectivity index (χ1n) is 7.25. The van der Waals surface area contributed by atoms with E-state index in [0.717, 1.165) is 21.2 Å². The Morgan fingerprint density at radius 2 is 1.92 bits per heavy atom.